The molecule has 0 fully saturated rings. The number of hydrogen-bond donors (Lipinski definition) is 2. The highest BCUT2D eigenvalue weighted by Crippen LogP contribution is 2.23. The van der Waals surface area contributed by atoms with Crippen LogP contribution in [0.5, 0.6) is 0 Å². The molecular formula is C20H21N2O2+. The van der Waals surface area contributed by atoms with E-state index >= 15 is 0 Å². The summed E-state index contributed by atoms with van der Waals surface area (Å²) >= 11 is 0. The van der Waals surface area contributed by atoms with Crippen molar-refractivity contribution in [1.29, 1.82) is 0 Å². The molecule has 1 atom stereocenters. The van der Waals surface area contributed by atoms with Crippen LogP contribution in [0.4, 0.5) is 0 Å². The molecule has 0 aliphatic carbocycles. The topological polar surface area (TPSA) is 46.5 Å². The van der Waals surface area contributed by atoms with E-state index in [1.165, 1.54) is 34.8 Å². The highest BCUT2D eigenvalue weighted by molar-refractivity contribution is 5.89. The number of ether oxygens (including phenoxy) is 1. The summed E-state index contributed by atoms with van der Waals surface area (Å²) in [6.07, 6.45) is 1.11. The molecule has 0 amide bonds. The molecule has 1 aromatic heterocycles. The molecule has 122 valence electrons. The van der Waals surface area contributed by atoms with Crippen LogP contribution in [-0.4, -0.2) is 24.6 Å². The summed E-state index contributed by atoms with van der Waals surface area (Å²) in [7, 11) is 1.41. The second-order valence-electron chi connectivity index (χ2n) is 6.42. The number of H-pyrrole nitrogens is 1. The normalized spacial score (nSPS) is 16.8. The predicted octanol–water partition coefficient (Wildman–Crippen LogP) is 2.10. The van der Waals surface area contributed by atoms with Crippen LogP contribution in [0.25, 0.3) is 10.9 Å². The highest BCUT2D eigenvalue weighted by atomic mass is 16.5. The van der Waals surface area contributed by atoms with Gasteiger partial charge in [-0.15, -0.1) is 0 Å². The molecule has 0 radical (unpaired) electrons. The number of carbonyl (C=O) groups is 1. The molecule has 0 saturated heterocycles. The first kappa shape index (κ1) is 15.0. The minimum Gasteiger partial charge on any atom is -0.465 e. The highest BCUT2D eigenvalue weighted by Gasteiger charge is 2.23. The largest absolute Gasteiger partial charge is 0.465 e. The number of fused-ring (bicyclic) bond motifs is 3. The molecule has 1 unspecified atom stereocenters. The number of quaternary nitrogens is 1. The molecule has 2 aromatic carbocycles. The van der Waals surface area contributed by atoms with Crippen LogP contribution in [0.1, 0.15) is 27.2 Å². The van der Waals surface area contributed by atoms with Crippen molar-refractivity contribution in [3.05, 3.63) is 70.9 Å². The molecule has 1 aliphatic rings. The van der Waals surface area contributed by atoms with Crippen LogP contribution >= 0.6 is 0 Å². The number of para-hydroxylation sites is 1. The van der Waals surface area contributed by atoms with Gasteiger partial charge in [0.1, 0.15) is 13.1 Å². The standard InChI is InChI=1S/C20H20N2O2/c1-24-20(23)15-8-6-14(7-9-15)12-22-11-10-17-16-4-2-3-5-18(16)21-19(17)13-22/h2-9,21H,10-13H2,1H3/p+1. The summed E-state index contributed by atoms with van der Waals surface area (Å²) in [5.41, 5.74) is 5.94. The number of carbonyl (C=O) groups excluding carboxylic acids is 1. The number of aromatic nitrogens is 1. The first-order valence-electron chi connectivity index (χ1n) is 8.34. The van der Waals surface area contributed by atoms with Crippen LogP contribution in [-0.2, 0) is 24.2 Å². The Morgan fingerprint density at radius 3 is 2.75 bits per heavy atom. The maximum absolute atomic E-state index is 11.5. The molecule has 2 heterocycles. The Hall–Kier alpha value is -2.59. The average Bonchev–Trinajstić information content (AvgIpc) is 2.99. The monoisotopic (exact) mass is 321 g/mol. The van der Waals surface area contributed by atoms with E-state index < -0.39 is 0 Å². The van der Waals surface area contributed by atoms with E-state index in [4.69, 9.17) is 4.74 Å². The van der Waals surface area contributed by atoms with E-state index in [9.17, 15) is 4.79 Å². The second kappa shape index (κ2) is 6.13. The number of esters is 1. The molecule has 0 bridgehead atoms. The Morgan fingerprint density at radius 2 is 1.96 bits per heavy atom. The van der Waals surface area contributed by atoms with Crippen LogP contribution in [0.3, 0.4) is 0 Å². The van der Waals surface area contributed by atoms with E-state index in [-0.39, 0.29) is 5.97 Å². The third kappa shape index (κ3) is 2.69. The van der Waals surface area contributed by atoms with Crippen molar-refractivity contribution in [2.45, 2.75) is 19.5 Å². The van der Waals surface area contributed by atoms with Gasteiger partial charge in [-0.1, -0.05) is 30.3 Å². The third-order valence-electron chi connectivity index (χ3n) is 4.89. The number of hydrogen-bond acceptors (Lipinski definition) is 2. The van der Waals surface area contributed by atoms with Crippen molar-refractivity contribution in [2.75, 3.05) is 13.7 Å². The van der Waals surface area contributed by atoms with Gasteiger partial charge in [-0.2, -0.15) is 0 Å². The number of aromatic amines is 1. The quantitative estimate of drug-likeness (QED) is 0.726. The lowest BCUT2D eigenvalue weighted by atomic mass is 10.0. The Kier molecular flexibility index (Phi) is 3.82. The lowest BCUT2D eigenvalue weighted by Crippen LogP contribution is -3.10. The zero-order valence-electron chi connectivity index (χ0n) is 13.8. The van der Waals surface area contributed by atoms with Crippen molar-refractivity contribution < 1.29 is 14.4 Å². The van der Waals surface area contributed by atoms with E-state index in [0.717, 1.165) is 26.1 Å². The van der Waals surface area contributed by atoms with Crippen LogP contribution < -0.4 is 4.90 Å². The third-order valence-corrected chi connectivity index (χ3v) is 4.89. The fourth-order valence-electron chi connectivity index (χ4n) is 3.65. The number of methoxy groups -OCH3 is 1. The van der Waals surface area contributed by atoms with Gasteiger partial charge < -0.3 is 14.6 Å². The van der Waals surface area contributed by atoms with Gasteiger partial charge >= 0.3 is 5.97 Å². The zero-order chi connectivity index (χ0) is 16.5. The first-order chi connectivity index (χ1) is 11.7. The fraction of sp³-hybridized carbons (Fsp3) is 0.250. The molecule has 0 saturated carbocycles. The number of benzene rings is 2. The maximum atomic E-state index is 11.5. The van der Waals surface area contributed by atoms with Crippen LogP contribution in [0.15, 0.2) is 48.5 Å². The minimum absolute atomic E-state index is 0.283. The van der Waals surface area contributed by atoms with Gasteiger partial charge in [-0.05, 0) is 23.8 Å². The maximum Gasteiger partial charge on any atom is 0.337 e. The smallest absolute Gasteiger partial charge is 0.337 e. The Balaban J connectivity index is 1.50. The molecule has 4 heteroatoms. The first-order valence-corrected chi connectivity index (χ1v) is 8.34. The van der Waals surface area contributed by atoms with Crippen molar-refractivity contribution >= 4 is 16.9 Å². The predicted molar refractivity (Wildman–Crippen MR) is 93.0 cm³/mol. The molecular weight excluding hydrogens is 300 g/mol. The SMILES string of the molecule is COC(=O)c1ccc(C[NH+]2CCc3c([nH]c4ccccc34)C2)cc1. The van der Waals surface area contributed by atoms with Gasteiger partial charge in [-0.25, -0.2) is 4.79 Å². The molecule has 3 aromatic rings. The van der Waals surface area contributed by atoms with Crippen molar-refractivity contribution in [1.82, 2.24) is 4.98 Å². The Bertz CT molecular complexity index is 880. The van der Waals surface area contributed by atoms with Crippen LogP contribution in [0, 0.1) is 0 Å². The van der Waals surface area contributed by atoms with Gasteiger partial charge in [-0.3, -0.25) is 0 Å². The van der Waals surface area contributed by atoms with Crippen molar-refractivity contribution in [2.24, 2.45) is 0 Å². The molecule has 2 N–H and O–H groups in total. The van der Waals surface area contributed by atoms with Gasteiger partial charge in [0.25, 0.3) is 0 Å². The molecule has 24 heavy (non-hydrogen) atoms. The molecule has 4 rings (SSSR count). The summed E-state index contributed by atoms with van der Waals surface area (Å²) in [4.78, 5) is 16.6. The lowest BCUT2D eigenvalue weighted by Gasteiger charge is -2.24. The van der Waals surface area contributed by atoms with E-state index in [2.05, 4.69) is 29.2 Å². The minimum atomic E-state index is -0.283. The summed E-state index contributed by atoms with van der Waals surface area (Å²) in [6, 6.07) is 16.3. The Labute approximate surface area is 141 Å². The van der Waals surface area contributed by atoms with E-state index in [0.29, 0.717) is 5.56 Å². The molecule has 0 spiro atoms. The summed E-state index contributed by atoms with van der Waals surface area (Å²) < 4.78 is 4.75. The van der Waals surface area contributed by atoms with Crippen LogP contribution in [0.2, 0.25) is 0 Å². The van der Waals surface area contributed by atoms with Crippen molar-refractivity contribution in [3.8, 4) is 0 Å². The van der Waals surface area contributed by atoms with Gasteiger partial charge in [0, 0.05) is 22.9 Å². The summed E-state index contributed by atoms with van der Waals surface area (Å²) in [5, 5.41) is 1.37. The number of rotatable bonds is 3. The Morgan fingerprint density at radius 1 is 1.17 bits per heavy atom. The fourth-order valence-corrected chi connectivity index (χ4v) is 3.65. The molecule has 4 nitrogen and oxygen atoms in total. The number of nitrogens with one attached hydrogen (secondary N) is 2. The van der Waals surface area contributed by atoms with Gasteiger partial charge in [0.2, 0.25) is 0 Å². The second-order valence-corrected chi connectivity index (χ2v) is 6.42. The van der Waals surface area contributed by atoms with E-state index in [1.807, 2.05) is 24.3 Å². The van der Waals surface area contributed by atoms with Gasteiger partial charge in [0.05, 0.1) is 24.9 Å². The van der Waals surface area contributed by atoms with E-state index in [1.54, 1.807) is 4.90 Å². The lowest BCUT2D eigenvalue weighted by molar-refractivity contribution is -0.929. The van der Waals surface area contributed by atoms with Gasteiger partial charge in [0.15, 0.2) is 0 Å². The average molecular weight is 321 g/mol. The molecule has 1 aliphatic heterocycles. The zero-order valence-corrected chi connectivity index (χ0v) is 13.8. The van der Waals surface area contributed by atoms with Crippen molar-refractivity contribution in [3.63, 3.8) is 0 Å². The summed E-state index contributed by atoms with van der Waals surface area (Å²) in [5.74, 6) is -0.283. The summed E-state index contributed by atoms with van der Waals surface area (Å²) in [6.45, 7) is 3.12.